The first kappa shape index (κ1) is 21.7. The number of nitrogens with one attached hydrogen (secondary N) is 1. The first-order valence-corrected chi connectivity index (χ1v) is 11.9. The van der Waals surface area contributed by atoms with Gasteiger partial charge in [0.15, 0.2) is 10.8 Å². The van der Waals surface area contributed by atoms with Crippen molar-refractivity contribution in [3.63, 3.8) is 0 Å². The van der Waals surface area contributed by atoms with E-state index in [9.17, 15) is 9.59 Å². The van der Waals surface area contributed by atoms with Gasteiger partial charge in [0.1, 0.15) is 5.39 Å². The van der Waals surface area contributed by atoms with Crippen LogP contribution in [-0.4, -0.2) is 31.0 Å². The predicted molar refractivity (Wildman–Crippen MR) is 132 cm³/mol. The quantitative estimate of drug-likeness (QED) is 0.424. The van der Waals surface area contributed by atoms with Gasteiger partial charge in [0.05, 0.1) is 17.9 Å². The lowest BCUT2D eigenvalue weighted by atomic mass is 10.0. The molecule has 168 valence electrons. The Morgan fingerprint density at radius 2 is 1.97 bits per heavy atom. The van der Waals surface area contributed by atoms with Crippen LogP contribution in [0.25, 0.3) is 16.7 Å². The van der Waals surface area contributed by atoms with Gasteiger partial charge in [0.25, 0.3) is 5.56 Å². The summed E-state index contributed by atoms with van der Waals surface area (Å²) >= 11 is 7.60. The van der Waals surface area contributed by atoms with Crippen LogP contribution in [0, 0.1) is 20.8 Å². The van der Waals surface area contributed by atoms with Crippen LogP contribution in [0.4, 0.5) is 5.69 Å². The van der Waals surface area contributed by atoms with Gasteiger partial charge in [-0.1, -0.05) is 47.1 Å². The predicted octanol–water partition coefficient (Wildman–Crippen LogP) is 4.84. The van der Waals surface area contributed by atoms with E-state index in [2.05, 4.69) is 10.4 Å². The van der Waals surface area contributed by atoms with E-state index in [0.717, 1.165) is 28.1 Å². The molecule has 1 amide bonds. The molecule has 0 bridgehead atoms. The lowest BCUT2D eigenvalue weighted by Gasteiger charge is -2.16. The zero-order chi connectivity index (χ0) is 23.3. The molecule has 0 aliphatic carbocycles. The molecule has 4 aromatic rings. The van der Waals surface area contributed by atoms with E-state index in [-0.39, 0.29) is 23.9 Å². The highest BCUT2D eigenvalue weighted by atomic mass is 35.5. The Bertz CT molecular complexity index is 1450. The van der Waals surface area contributed by atoms with Crippen LogP contribution in [0.5, 0.6) is 0 Å². The summed E-state index contributed by atoms with van der Waals surface area (Å²) in [6.45, 7) is 6.01. The second-order valence-electron chi connectivity index (χ2n) is 8.33. The van der Waals surface area contributed by atoms with E-state index in [4.69, 9.17) is 16.6 Å². The number of nitrogens with zero attached hydrogens (tertiary/aromatic N) is 4. The van der Waals surface area contributed by atoms with E-state index in [1.807, 2.05) is 45.0 Å². The SMILES string of the molecule is Cc1cc(C)c(NC(=O)CC2CSc3nc4c(cnn4-c4cccc(Cl)c4)c(=O)n32)c(C)c1. The molecular weight excluding hydrogens is 458 g/mol. The van der Waals surface area contributed by atoms with E-state index >= 15 is 0 Å². The summed E-state index contributed by atoms with van der Waals surface area (Å²) in [5, 5.41) is 8.99. The smallest absolute Gasteiger partial charge is 0.265 e. The summed E-state index contributed by atoms with van der Waals surface area (Å²) in [6, 6.07) is 11.1. The molecule has 1 unspecified atom stereocenters. The standard InChI is InChI=1S/C24H22ClN5O2S/c1-13-7-14(2)21(15(3)8-13)27-20(31)10-18-12-33-24-28-22-19(23(32)29(18)24)11-26-30(22)17-6-4-5-16(25)9-17/h4-9,11,18H,10,12H2,1-3H3,(H,27,31). The third-order valence-electron chi connectivity index (χ3n) is 5.79. The molecule has 1 N–H and O–H groups in total. The maximum Gasteiger partial charge on any atom is 0.265 e. The van der Waals surface area contributed by atoms with Crippen molar-refractivity contribution in [1.82, 2.24) is 19.3 Å². The minimum Gasteiger partial charge on any atom is -0.326 e. The van der Waals surface area contributed by atoms with Gasteiger partial charge in [0.2, 0.25) is 5.91 Å². The van der Waals surface area contributed by atoms with Crippen LogP contribution in [0.1, 0.15) is 29.2 Å². The van der Waals surface area contributed by atoms with Gasteiger partial charge in [-0.15, -0.1) is 0 Å². The number of halogens is 1. The second kappa shape index (κ2) is 8.35. The molecule has 2 aromatic carbocycles. The summed E-state index contributed by atoms with van der Waals surface area (Å²) in [7, 11) is 0. The fourth-order valence-electron chi connectivity index (χ4n) is 4.36. The van der Waals surface area contributed by atoms with Gasteiger partial charge in [-0.05, 0) is 50.1 Å². The van der Waals surface area contributed by atoms with Crippen LogP contribution in [0.2, 0.25) is 5.02 Å². The molecule has 0 spiro atoms. The van der Waals surface area contributed by atoms with Crippen LogP contribution in [-0.2, 0) is 4.79 Å². The normalized spacial score (nSPS) is 15.1. The molecule has 1 aliphatic heterocycles. The Morgan fingerprint density at radius 3 is 2.70 bits per heavy atom. The van der Waals surface area contributed by atoms with E-state index in [1.165, 1.54) is 18.0 Å². The molecule has 3 heterocycles. The van der Waals surface area contributed by atoms with Crippen molar-refractivity contribution in [2.24, 2.45) is 0 Å². The first-order valence-electron chi connectivity index (χ1n) is 10.6. The van der Waals surface area contributed by atoms with Crippen molar-refractivity contribution in [3.05, 3.63) is 74.7 Å². The maximum atomic E-state index is 13.3. The van der Waals surface area contributed by atoms with E-state index < -0.39 is 0 Å². The number of fused-ring (bicyclic) bond motifs is 2. The van der Waals surface area contributed by atoms with E-state index in [1.54, 1.807) is 21.4 Å². The zero-order valence-electron chi connectivity index (χ0n) is 18.4. The summed E-state index contributed by atoms with van der Waals surface area (Å²) in [4.78, 5) is 30.9. The number of aromatic nitrogens is 4. The van der Waals surface area contributed by atoms with Crippen molar-refractivity contribution in [1.29, 1.82) is 0 Å². The topological polar surface area (TPSA) is 81.8 Å². The highest BCUT2D eigenvalue weighted by Gasteiger charge is 2.30. The Morgan fingerprint density at radius 1 is 1.21 bits per heavy atom. The van der Waals surface area contributed by atoms with Crippen molar-refractivity contribution in [2.45, 2.75) is 38.4 Å². The molecule has 0 saturated carbocycles. The monoisotopic (exact) mass is 479 g/mol. The molecule has 9 heteroatoms. The summed E-state index contributed by atoms with van der Waals surface area (Å²) in [6.07, 6.45) is 1.72. The van der Waals surface area contributed by atoms with Crippen molar-refractivity contribution >= 4 is 46.0 Å². The van der Waals surface area contributed by atoms with Crippen LogP contribution < -0.4 is 10.9 Å². The number of rotatable bonds is 4. The van der Waals surface area contributed by atoms with Gasteiger partial charge in [-0.25, -0.2) is 9.67 Å². The molecule has 2 aromatic heterocycles. The van der Waals surface area contributed by atoms with Crippen LogP contribution in [0.3, 0.4) is 0 Å². The lowest BCUT2D eigenvalue weighted by molar-refractivity contribution is -0.116. The Labute approximate surface area is 199 Å². The van der Waals surface area contributed by atoms with Gasteiger partial charge in [0, 0.05) is 22.9 Å². The molecule has 1 aliphatic rings. The summed E-state index contributed by atoms with van der Waals surface area (Å²) in [5.41, 5.74) is 5.07. The molecule has 0 fully saturated rings. The second-order valence-corrected chi connectivity index (χ2v) is 9.76. The minimum atomic E-state index is -0.269. The number of benzene rings is 2. The number of hydrogen-bond donors (Lipinski definition) is 1. The maximum absolute atomic E-state index is 13.3. The van der Waals surface area contributed by atoms with Crippen LogP contribution >= 0.6 is 23.4 Å². The summed E-state index contributed by atoms with van der Waals surface area (Å²) in [5.74, 6) is 0.490. The molecule has 1 atom stereocenters. The van der Waals surface area contributed by atoms with Gasteiger partial charge >= 0.3 is 0 Å². The summed E-state index contributed by atoms with van der Waals surface area (Å²) < 4.78 is 3.25. The number of carbonyl (C=O) groups excluding carboxylic acids is 1. The van der Waals surface area contributed by atoms with Gasteiger partial charge in [-0.3, -0.25) is 14.2 Å². The zero-order valence-corrected chi connectivity index (χ0v) is 20.0. The van der Waals surface area contributed by atoms with Crippen molar-refractivity contribution in [2.75, 3.05) is 11.1 Å². The number of thioether (sulfide) groups is 1. The number of amides is 1. The number of aryl methyl sites for hydroxylation is 3. The molecule has 33 heavy (non-hydrogen) atoms. The third-order valence-corrected chi connectivity index (χ3v) is 7.12. The first-order chi connectivity index (χ1) is 15.8. The fraction of sp³-hybridized carbons (Fsp3) is 0.250. The molecule has 0 radical (unpaired) electrons. The fourth-order valence-corrected chi connectivity index (χ4v) is 5.67. The van der Waals surface area contributed by atoms with E-state index in [0.29, 0.717) is 27.0 Å². The van der Waals surface area contributed by atoms with Crippen molar-refractivity contribution < 1.29 is 4.79 Å². The molecule has 7 nitrogen and oxygen atoms in total. The average Bonchev–Trinajstić information content (AvgIpc) is 3.36. The number of hydrogen-bond acceptors (Lipinski definition) is 5. The molecule has 0 saturated heterocycles. The minimum absolute atomic E-state index is 0.120. The highest BCUT2D eigenvalue weighted by Crippen LogP contribution is 2.34. The average molecular weight is 480 g/mol. The number of carbonyl (C=O) groups is 1. The van der Waals surface area contributed by atoms with Gasteiger partial charge in [-0.2, -0.15) is 5.10 Å². The Hall–Kier alpha value is -3.10. The van der Waals surface area contributed by atoms with Crippen LogP contribution in [0.15, 0.2) is 52.5 Å². The largest absolute Gasteiger partial charge is 0.326 e. The third kappa shape index (κ3) is 3.94. The molecule has 5 rings (SSSR count). The van der Waals surface area contributed by atoms with Crippen molar-refractivity contribution in [3.8, 4) is 5.69 Å². The van der Waals surface area contributed by atoms with Gasteiger partial charge < -0.3 is 5.32 Å². The lowest BCUT2D eigenvalue weighted by Crippen LogP contribution is -2.28. The Kier molecular flexibility index (Phi) is 5.50. The number of anilines is 1. The Balaban J connectivity index is 1.45. The highest BCUT2D eigenvalue weighted by molar-refractivity contribution is 7.99. The molecular formula is C24H22ClN5O2S.